The Kier molecular flexibility index (Phi) is 5.18. The molecule has 1 N–H and O–H groups in total. The summed E-state index contributed by atoms with van der Waals surface area (Å²) < 4.78 is 10.4. The molecular formula is C11H17NO2S. The molecule has 0 aromatic heterocycles. The molecule has 0 atom stereocenters. The van der Waals surface area contributed by atoms with E-state index < -0.39 is 0 Å². The molecule has 0 bridgehead atoms. The van der Waals surface area contributed by atoms with E-state index >= 15 is 0 Å². The highest BCUT2D eigenvalue weighted by Crippen LogP contribution is 2.28. The number of methoxy groups -OCH3 is 2. The summed E-state index contributed by atoms with van der Waals surface area (Å²) >= 11 is 1.81. The zero-order chi connectivity index (χ0) is 11.1. The predicted molar refractivity (Wildman–Crippen MR) is 66.4 cm³/mol. The fourth-order valence-electron chi connectivity index (χ4n) is 1.24. The van der Waals surface area contributed by atoms with Crippen LogP contribution in [0.2, 0.25) is 0 Å². The Bertz CT molecular complexity index is 305. The first-order chi connectivity index (χ1) is 7.31. The van der Waals surface area contributed by atoms with Gasteiger partial charge in [-0.25, -0.2) is 0 Å². The van der Waals surface area contributed by atoms with Gasteiger partial charge in [-0.3, -0.25) is 0 Å². The van der Waals surface area contributed by atoms with Gasteiger partial charge in [0.05, 0.1) is 19.9 Å². The summed E-state index contributed by atoms with van der Waals surface area (Å²) in [6.45, 7) is 0.921. The van der Waals surface area contributed by atoms with Crippen LogP contribution in [0.15, 0.2) is 18.2 Å². The van der Waals surface area contributed by atoms with E-state index in [1.807, 2.05) is 30.0 Å². The fourth-order valence-corrected chi connectivity index (χ4v) is 1.55. The first-order valence-electron chi connectivity index (χ1n) is 4.76. The Labute approximate surface area is 95.2 Å². The second-order valence-corrected chi connectivity index (χ2v) is 3.97. The lowest BCUT2D eigenvalue weighted by Gasteiger charge is -2.11. The number of hydrogen-bond acceptors (Lipinski definition) is 4. The maximum Gasteiger partial charge on any atom is 0.142 e. The third-order valence-corrected chi connectivity index (χ3v) is 2.64. The Hall–Kier alpha value is -1.03. The normalized spacial score (nSPS) is 9.80. The molecule has 0 saturated heterocycles. The molecule has 0 unspecified atom stereocenters. The van der Waals surface area contributed by atoms with Crippen LogP contribution in [0, 0.1) is 0 Å². The number of hydrogen-bond donors (Lipinski definition) is 1. The third kappa shape index (κ3) is 3.55. The summed E-state index contributed by atoms with van der Waals surface area (Å²) in [7, 11) is 3.33. The number of nitrogens with one attached hydrogen (secondary N) is 1. The molecule has 1 rings (SSSR count). The maximum atomic E-state index is 5.25. The molecule has 0 radical (unpaired) electrons. The number of ether oxygens (including phenoxy) is 2. The van der Waals surface area contributed by atoms with Crippen LogP contribution < -0.4 is 14.8 Å². The average molecular weight is 227 g/mol. The Morgan fingerprint density at radius 2 is 2.07 bits per heavy atom. The van der Waals surface area contributed by atoms with E-state index in [-0.39, 0.29) is 0 Å². The van der Waals surface area contributed by atoms with Crippen LogP contribution in [0.3, 0.4) is 0 Å². The summed E-state index contributed by atoms with van der Waals surface area (Å²) in [5.74, 6) is 2.75. The van der Waals surface area contributed by atoms with Gasteiger partial charge in [-0.15, -0.1) is 0 Å². The zero-order valence-electron chi connectivity index (χ0n) is 9.37. The summed E-state index contributed by atoms with van der Waals surface area (Å²) in [4.78, 5) is 0. The van der Waals surface area contributed by atoms with Crippen LogP contribution in [0.1, 0.15) is 0 Å². The van der Waals surface area contributed by atoms with Gasteiger partial charge in [0.1, 0.15) is 11.5 Å². The van der Waals surface area contributed by atoms with E-state index in [1.165, 1.54) is 0 Å². The molecule has 0 heterocycles. The molecule has 0 saturated carbocycles. The van der Waals surface area contributed by atoms with Crippen LogP contribution in [0.25, 0.3) is 0 Å². The van der Waals surface area contributed by atoms with E-state index in [4.69, 9.17) is 9.47 Å². The minimum Gasteiger partial charge on any atom is -0.497 e. The summed E-state index contributed by atoms with van der Waals surface area (Å²) in [5.41, 5.74) is 0.978. The second-order valence-electron chi connectivity index (χ2n) is 2.99. The van der Waals surface area contributed by atoms with Gasteiger partial charge in [-0.05, 0) is 18.4 Å². The predicted octanol–water partition coefficient (Wildman–Crippen LogP) is 2.48. The van der Waals surface area contributed by atoms with Crippen LogP contribution in [-0.4, -0.2) is 32.8 Å². The Morgan fingerprint density at radius 3 is 2.67 bits per heavy atom. The molecule has 0 aliphatic heterocycles. The van der Waals surface area contributed by atoms with E-state index in [2.05, 4.69) is 11.6 Å². The number of rotatable bonds is 6. The van der Waals surface area contributed by atoms with Crippen molar-refractivity contribution in [3.8, 4) is 11.5 Å². The lowest BCUT2D eigenvalue weighted by Crippen LogP contribution is -2.05. The molecule has 0 fully saturated rings. The smallest absolute Gasteiger partial charge is 0.142 e. The van der Waals surface area contributed by atoms with Gasteiger partial charge in [0, 0.05) is 18.4 Å². The third-order valence-electron chi connectivity index (χ3n) is 2.03. The van der Waals surface area contributed by atoms with E-state index in [0.717, 1.165) is 29.5 Å². The van der Waals surface area contributed by atoms with Gasteiger partial charge in [-0.1, -0.05) is 0 Å². The van der Waals surface area contributed by atoms with Crippen molar-refractivity contribution in [2.75, 3.05) is 38.1 Å². The highest BCUT2D eigenvalue weighted by atomic mass is 32.2. The quantitative estimate of drug-likeness (QED) is 0.756. The van der Waals surface area contributed by atoms with Gasteiger partial charge < -0.3 is 14.8 Å². The lowest BCUT2D eigenvalue weighted by atomic mass is 10.2. The lowest BCUT2D eigenvalue weighted by molar-refractivity contribution is 0.404. The van der Waals surface area contributed by atoms with Crippen LogP contribution in [-0.2, 0) is 0 Å². The summed E-state index contributed by atoms with van der Waals surface area (Å²) in [6, 6.07) is 5.73. The van der Waals surface area contributed by atoms with Crippen molar-refractivity contribution in [1.82, 2.24) is 0 Å². The van der Waals surface area contributed by atoms with Crippen molar-refractivity contribution < 1.29 is 9.47 Å². The van der Waals surface area contributed by atoms with E-state index in [9.17, 15) is 0 Å². The monoisotopic (exact) mass is 227 g/mol. The second kappa shape index (κ2) is 6.45. The molecule has 1 aromatic rings. The SMILES string of the molecule is COc1ccc(OC)c(NCCSC)c1. The maximum absolute atomic E-state index is 5.25. The standard InChI is InChI=1S/C11H17NO2S/c1-13-9-4-5-11(14-2)10(8-9)12-6-7-15-3/h4-5,8,12H,6-7H2,1-3H3. The van der Waals surface area contributed by atoms with Crippen molar-refractivity contribution >= 4 is 17.4 Å². The first kappa shape index (κ1) is 12.0. The Morgan fingerprint density at radius 1 is 1.27 bits per heavy atom. The van der Waals surface area contributed by atoms with Crippen molar-refractivity contribution in [2.24, 2.45) is 0 Å². The molecular weight excluding hydrogens is 210 g/mol. The first-order valence-corrected chi connectivity index (χ1v) is 6.16. The molecule has 1 aromatic carbocycles. The molecule has 0 spiro atoms. The molecule has 0 amide bonds. The Balaban J connectivity index is 2.72. The molecule has 84 valence electrons. The summed E-state index contributed by atoms with van der Waals surface area (Å²) in [6.07, 6.45) is 2.09. The average Bonchev–Trinajstić information content (AvgIpc) is 2.29. The topological polar surface area (TPSA) is 30.5 Å². The highest BCUT2D eigenvalue weighted by molar-refractivity contribution is 7.98. The minimum atomic E-state index is 0.836. The van der Waals surface area contributed by atoms with Crippen molar-refractivity contribution in [3.63, 3.8) is 0 Å². The molecule has 15 heavy (non-hydrogen) atoms. The minimum absolute atomic E-state index is 0.836. The van der Waals surface area contributed by atoms with Gasteiger partial charge >= 0.3 is 0 Å². The fraction of sp³-hybridized carbons (Fsp3) is 0.455. The van der Waals surface area contributed by atoms with Gasteiger partial charge in [0.25, 0.3) is 0 Å². The van der Waals surface area contributed by atoms with Crippen molar-refractivity contribution in [1.29, 1.82) is 0 Å². The highest BCUT2D eigenvalue weighted by Gasteiger charge is 2.03. The van der Waals surface area contributed by atoms with Crippen LogP contribution in [0.4, 0.5) is 5.69 Å². The van der Waals surface area contributed by atoms with Crippen LogP contribution >= 0.6 is 11.8 Å². The molecule has 0 aliphatic rings. The number of anilines is 1. The largest absolute Gasteiger partial charge is 0.497 e. The number of benzene rings is 1. The molecule has 3 nitrogen and oxygen atoms in total. The van der Waals surface area contributed by atoms with Crippen molar-refractivity contribution in [2.45, 2.75) is 0 Å². The van der Waals surface area contributed by atoms with E-state index in [0.29, 0.717) is 0 Å². The summed E-state index contributed by atoms with van der Waals surface area (Å²) in [5, 5.41) is 3.31. The van der Waals surface area contributed by atoms with Gasteiger partial charge in [0.2, 0.25) is 0 Å². The molecule has 4 heteroatoms. The van der Waals surface area contributed by atoms with E-state index in [1.54, 1.807) is 14.2 Å². The van der Waals surface area contributed by atoms with Crippen molar-refractivity contribution in [3.05, 3.63) is 18.2 Å². The van der Waals surface area contributed by atoms with Crippen LogP contribution in [0.5, 0.6) is 11.5 Å². The van der Waals surface area contributed by atoms with Gasteiger partial charge in [0.15, 0.2) is 0 Å². The van der Waals surface area contributed by atoms with Gasteiger partial charge in [-0.2, -0.15) is 11.8 Å². The zero-order valence-corrected chi connectivity index (χ0v) is 10.2. The molecule has 0 aliphatic carbocycles. The number of thioether (sulfide) groups is 1.